The average molecular weight is 582 g/mol. The van der Waals surface area contributed by atoms with Crippen LogP contribution in [-0.2, 0) is 4.79 Å². The minimum Gasteiger partial charge on any atom is -0.482 e. The van der Waals surface area contributed by atoms with Gasteiger partial charge in [0.2, 0.25) is 0 Å². The third-order valence-corrected chi connectivity index (χ3v) is 6.73. The molecule has 0 radical (unpaired) electrons. The van der Waals surface area contributed by atoms with Crippen LogP contribution < -0.4 is 15.6 Å². The number of carbonyl (C=O) groups excluding carboxylic acids is 1. The van der Waals surface area contributed by atoms with Crippen LogP contribution in [0, 0.1) is 6.92 Å². The molecule has 0 saturated carbocycles. The maximum atomic E-state index is 13.3. The van der Waals surface area contributed by atoms with E-state index in [9.17, 15) is 9.59 Å². The smallest absolute Gasteiger partial charge is 0.282 e. The number of fused-ring (bicyclic) bond motifs is 1. The summed E-state index contributed by atoms with van der Waals surface area (Å²) in [5, 5.41) is 8.08. The van der Waals surface area contributed by atoms with E-state index in [1.807, 2.05) is 57.2 Å². The summed E-state index contributed by atoms with van der Waals surface area (Å²) in [6.45, 7) is 5.78. The van der Waals surface area contributed by atoms with E-state index in [0.29, 0.717) is 33.1 Å². The lowest BCUT2D eigenvalue weighted by molar-refractivity contribution is -0.118. The molecule has 1 atom stereocenters. The molecule has 4 aromatic rings. The summed E-state index contributed by atoms with van der Waals surface area (Å²) in [6.07, 6.45) is 2.36. The minimum absolute atomic E-state index is 0.0306. The molecular weight excluding hydrogens is 556 g/mol. The Bertz CT molecular complexity index is 1550. The van der Waals surface area contributed by atoms with Gasteiger partial charge in [0, 0.05) is 16.1 Å². The molecule has 0 saturated heterocycles. The first-order valence-electron chi connectivity index (χ1n) is 11.8. The Balaban J connectivity index is 1.53. The quantitative estimate of drug-likeness (QED) is 0.240. The van der Waals surface area contributed by atoms with Gasteiger partial charge in [-0.2, -0.15) is 9.78 Å². The van der Waals surface area contributed by atoms with Gasteiger partial charge >= 0.3 is 0 Å². The number of benzene rings is 3. The number of aromatic nitrogens is 2. The van der Waals surface area contributed by atoms with Crippen molar-refractivity contribution in [2.75, 3.05) is 11.9 Å². The largest absolute Gasteiger partial charge is 0.482 e. The van der Waals surface area contributed by atoms with Gasteiger partial charge in [0.15, 0.2) is 6.61 Å². The lowest BCUT2D eigenvalue weighted by atomic mass is 10.1. The fourth-order valence-corrected chi connectivity index (χ4v) is 4.27. The summed E-state index contributed by atoms with van der Waals surface area (Å²) in [4.78, 5) is 30.3. The van der Waals surface area contributed by atoms with Crippen molar-refractivity contribution in [2.24, 2.45) is 5.10 Å². The van der Waals surface area contributed by atoms with E-state index in [1.165, 1.54) is 4.68 Å². The number of amides is 1. The highest BCUT2D eigenvalue weighted by Crippen LogP contribution is 2.25. The Labute approximate surface area is 228 Å². The predicted molar refractivity (Wildman–Crippen MR) is 152 cm³/mol. The van der Waals surface area contributed by atoms with Gasteiger partial charge in [-0.25, -0.2) is 4.98 Å². The highest BCUT2D eigenvalue weighted by molar-refractivity contribution is 9.10. The van der Waals surface area contributed by atoms with Crippen molar-refractivity contribution >= 4 is 56.2 Å². The number of carbonyl (C=O) groups is 1. The Morgan fingerprint density at radius 1 is 1.22 bits per heavy atom. The van der Waals surface area contributed by atoms with Crippen molar-refractivity contribution < 1.29 is 9.53 Å². The van der Waals surface area contributed by atoms with Crippen LogP contribution in [0.5, 0.6) is 5.75 Å². The van der Waals surface area contributed by atoms with Crippen molar-refractivity contribution in [3.05, 3.63) is 97.5 Å². The third-order valence-electron chi connectivity index (χ3n) is 5.94. The van der Waals surface area contributed by atoms with Gasteiger partial charge in [-0.3, -0.25) is 9.59 Å². The average Bonchev–Trinajstić information content (AvgIpc) is 2.88. The number of hydrogen-bond acceptors (Lipinski definition) is 5. The van der Waals surface area contributed by atoms with Crippen LogP contribution in [0.15, 0.2) is 75.0 Å². The summed E-state index contributed by atoms with van der Waals surface area (Å²) >= 11 is 9.82. The van der Waals surface area contributed by atoms with Gasteiger partial charge < -0.3 is 10.1 Å². The van der Waals surface area contributed by atoms with Crippen molar-refractivity contribution in [1.82, 2.24) is 9.66 Å². The Morgan fingerprint density at radius 2 is 2.00 bits per heavy atom. The number of hydrogen-bond donors (Lipinski definition) is 1. The Hall–Kier alpha value is -3.49. The number of aryl methyl sites for hydroxylation is 1. The fraction of sp³-hybridized carbons (Fsp3) is 0.214. The monoisotopic (exact) mass is 580 g/mol. The SMILES string of the molecule is CC[C@@H](C)c1nc2ccc(Br)cc2c(=O)n1N=Cc1ccc(OCC(=O)Nc2ccccc2C)c(Cl)c1. The van der Waals surface area contributed by atoms with Crippen molar-refractivity contribution in [2.45, 2.75) is 33.1 Å². The minimum atomic E-state index is -0.289. The second kappa shape index (κ2) is 11.7. The van der Waals surface area contributed by atoms with Gasteiger partial charge in [0.05, 0.1) is 22.1 Å². The fourth-order valence-electron chi connectivity index (χ4n) is 3.66. The lowest BCUT2D eigenvalue weighted by Crippen LogP contribution is -2.23. The maximum absolute atomic E-state index is 13.3. The van der Waals surface area contributed by atoms with Crippen molar-refractivity contribution in [3.63, 3.8) is 0 Å². The topological polar surface area (TPSA) is 85.6 Å². The van der Waals surface area contributed by atoms with E-state index in [2.05, 4.69) is 26.3 Å². The lowest BCUT2D eigenvalue weighted by Gasteiger charge is -2.14. The van der Waals surface area contributed by atoms with Crippen LogP contribution in [-0.4, -0.2) is 28.4 Å². The first-order valence-corrected chi connectivity index (χ1v) is 13.0. The highest BCUT2D eigenvalue weighted by atomic mass is 79.9. The number of halogens is 2. The second-order valence-corrected chi connectivity index (χ2v) is 9.97. The van der Waals surface area contributed by atoms with Gasteiger partial charge in [-0.15, -0.1) is 0 Å². The van der Waals surface area contributed by atoms with E-state index in [1.54, 1.807) is 30.5 Å². The van der Waals surface area contributed by atoms with Crippen LogP contribution in [0.25, 0.3) is 10.9 Å². The zero-order valence-corrected chi connectivity index (χ0v) is 23.0. The molecule has 0 unspecified atom stereocenters. The molecule has 0 bridgehead atoms. The van der Waals surface area contributed by atoms with Gasteiger partial charge in [0.1, 0.15) is 11.6 Å². The first-order chi connectivity index (χ1) is 17.8. The zero-order chi connectivity index (χ0) is 26.5. The third kappa shape index (κ3) is 6.26. The molecule has 0 aliphatic heterocycles. The first kappa shape index (κ1) is 26.6. The predicted octanol–water partition coefficient (Wildman–Crippen LogP) is 6.53. The molecule has 1 aromatic heterocycles. The van der Waals surface area contributed by atoms with Crippen LogP contribution in [0.2, 0.25) is 5.02 Å². The standard InChI is InChI=1S/C28H26BrClN4O3/c1-4-17(2)27-33-24-11-10-20(29)14-21(24)28(36)34(27)31-15-19-9-12-25(22(30)13-19)37-16-26(35)32-23-8-6-5-7-18(23)3/h5-15,17H,4,16H2,1-3H3,(H,32,35)/t17-/m1/s1. The number of rotatable bonds is 8. The number of ether oxygens (including phenoxy) is 1. The molecule has 37 heavy (non-hydrogen) atoms. The molecule has 190 valence electrons. The molecule has 0 aliphatic rings. The van der Waals surface area contributed by atoms with Crippen LogP contribution in [0.1, 0.15) is 43.1 Å². The van der Waals surface area contributed by atoms with E-state index in [4.69, 9.17) is 21.3 Å². The van der Waals surface area contributed by atoms with Gasteiger partial charge in [0.25, 0.3) is 11.5 Å². The van der Waals surface area contributed by atoms with Crippen LogP contribution >= 0.6 is 27.5 Å². The number of nitrogens with zero attached hydrogens (tertiary/aromatic N) is 3. The molecule has 9 heteroatoms. The number of nitrogens with one attached hydrogen (secondary N) is 1. The Morgan fingerprint density at radius 3 is 2.73 bits per heavy atom. The molecule has 3 aromatic carbocycles. The maximum Gasteiger partial charge on any atom is 0.282 e. The molecule has 0 aliphatic carbocycles. The van der Waals surface area contributed by atoms with Crippen molar-refractivity contribution in [1.29, 1.82) is 0 Å². The van der Waals surface area contributed by atoms with Crippen molar-refractivity contribution in [3.8, 4) is 5.75 Å². The number of para-hydroxylation sites is 1. The van der Waals surface area contributed by atoms with E-state index < -0.39 is 0 Å². The van der Waals surface area contributed by atoms with Gasteiger partial charge in [-0.1, -0.05) is 59.6 Å². The van der Waals surface area contributed by atoms with Crippen LogP contribution in [0.3, 0.4) is 0 Å². The summed E-state index contributed by atoms with van der Waals surface area (Å²) in [7, 11) is 0. The van der Waals surface area contributed by atoms with E-state index >= 15 is 0 Å². The molecule has 4 rings (SSSR count). The Kier molecular flexibility index (Phi) is 8.41. The molecule has 7 nitrogen and oxygen atoms in total. The second-order valence-electron chi connectivity index (χ2n) is 8.64. The molecule has 1 heterocycles. The zero-order valence-electron chi connectivity index (χ0n) is 20.7. The molecular formula is C28H26BrClN4O3. The van der Waals surface area contributed by atoms with E-state index in [-0.39, 0.29) is 24.0 Å². The summed E-state index contributed by atoms with van der Waals surface area (Å²) in [5.74, 6) is 0.698. The summed E-state index contributed by atoms with van der Waals surface area (Å²) in [6, 6.07) is 18.0. The summed E-state index contributed by atoms with van der Waals surface area (Å²) in [5.41, 5.74) is 2.74. The molecule has 1 N–H and O–H groups in total. The number of anilines is 1. The molecule has 0 fully saturated rings. The van der Waals surface area contributed by atoms with E-state index in [0.717, 1.165) is 22.1 Å². The molecule has 0 spiro atoms. The highest BCUT2D eigenvalue weighted by Gasteiger charge is 2.16. The molecule has 1 amide bonds. The van der Waals surface area contributed by atoms with Crippen LogP contribution in [0.4, 0.5) is 5.69 Å². The summed E-state index contributed by atoms with van der Waals surface area (Å²) < 4.78 is 7.75. The van der Waals surface area contributed by atoms with Gasteiger partial charge in [-0.05, 0) is 66.9 Å². The normalized spacial score (nSPS) is 12.1.